The van der Waals surface area contributed by atoms with E-state index < -0.39 is 0 Å². The Hall–Kier alpha value is -1.86. The first-order valence-corrected chi connectivity index (χ1v) is 6.03. The van der Waals surface area contributed by atoms with Crippen LogP contribution in [0.3, 0.4) is 0 Å². The van der Waals surface area contributed by atoms with E-state index in [-0.39, 0.29) is 0 Å². The van der Waals surface area contributed by atoms with Crippen molar-refractivity contribution in [1.29, 1.82) is 0 Å². The van der Waals surface area contributed by atoms with Gasteiger partial charge in [-0.2, -0.15) is 4.58 Å². The van der Waals surface area contributed by atoms with Crippen LogP contribution in [0.25, 0.3) is 0 Å². The Balaban J connectivity index is 3.17. The van der Waals surface area contributed by atoms with Gasteiger partial charge >= 0.3 is 0 Å². The highest BCUT2D eigenvalue weighted by atomic mass is 15.0. The largest absolute Gasteiger partial charge is 0.378 e. The smallest absolute Gasteiger partial charge is 0.205 e. The molecule has 96 valence electrons. The third kappa shape index (κ3) is 2.88. The van der Waals surface area contributed by atoms with Crippen LogP contribution in [0, 0.1) is 0 Å². The van der Waals surface area contributed by atoms with Crippen LogP contribution in [0.1, 0.15) is 27.7 Å². The van der Waals surface area contributed by atoms with Gasteiger partial charge in [-0.3, -0.25) is 0 Å². The Morgan fingerprint density at radius 1 is 1.50 bits per heavy atom. The lowest BCUT2D eigenvalue weighted by Crippen LogP contribution is -2.36. The number of hydrogen-bond acceptors (Lipinski definition) is 2. The zero-order chi connectivity index (χ0) is 13.9. The van der Waals surface area contributed by atoms with Crippen molar-refractivity contribution >= 4 is 11.6 Å². The highest BCUT2D eigenvalue weighted by molar-refractivity contribution is 6.13. The summed E-state index contributed by atoms with van der Waals surface area (Å²) in [6, 6.07) is 0.325. The molecule has 0 fully saturated rings. The predicted octanol–water partition coefficient (Wildman–Crippen LogP) is 2.63. The molecule has 1 unspecified atom stereocenters. The van der Waals surface area contributed by atoms with E-state index in [1.165, 1.54) is 11.1 Å². The highest BCUT2D eigenvalue weighted by Gasteiger charge is 2.20. The van der Waals surface area contributed by atoms with Gasteiger partial charge in [0, 0.05) is 19.5 Å². The zero-order valence-corrected chi connectivity index (χ0v) is 12.0. The molecule has 0 bridgehead atoms. The maximum Gasteiger partial charge on any atom is 0.205 e. The van der Waals surface area contributed by atoms with E-state index in [2.05, 4.69) is 50.1 Å². The molecule has 18 heavy (non-hydrogen) atoms. The van der Waals surface area contributed by atoms with Gasteiger partial charge in [0.2, 0.25) is 5.70 Å². The molecular formula is C15H22N3+. The molecular weight excluding hydrogens is 222 g/mol. The van der Waals surface area contributed by atoms with E-state index in [1.807, 2.05) is 20.2 Å². The highest BCUT2D eigenvalue weighted by Crippen LogP contribution is 2.20. The Labute approximate surface area is 110 Å². The van der Waals surface area contributed by atoms with Crippen LogP contribution in [0.5, 0.6) is 0 Å². The number of hydrogen-bond donors (Lipinski definition) is 1. The minimum absolute atomic E-state index is 0.325. The first-order chi connectivity index (χ1) is 8.38. The Kier molecular flexibility index (Phi) is 4.46. The van der Waals surface area contributed by atoms with Crippen molar-refractivity contribution in [2.24, 2.45) is 4.99 Å². The molecule has 0 aliphatic carbocycles. The standard InChI is InChI=1S/C15H22N3/c1-8-18(7)10(2)9-16-15-12(4)11(3)13(5)17-14(15)6/h9,13,17H,1,6H2,2-5,7H3/q+1/b10-9+,16-15?. The molecule has 1 rings (SSSR count). The van der Waals surface area contributed by atoms with Crippen molar-refractivity contribution < 1.29 is 4.58 Å². The molecule has 0 saturated carbocycles. The van der Waals surface area contributed by atoms with Gasteiger partial charge < -0.3 is 5.32 Å². The number of rotatable bonds is 2. The lowest BCUT2D eigenvalue weighted by Gasteiger charge is -2.27. The first kappa shape index (κ1) is 14.2. The van der Waals surface area contributed by atoms with Gasteiger partial charge in [-0.15, -0.1) is 0 Å². The van der Waals surface area contributed by atoms with E-state index in [9.17, 15) is 0 Å². The van der Waals surface area contributed by atoms with Gasteiger partial charge in [0.1, 0.15) is 7.05 Å². The third-order valence-electron chi connectivity index (χ3n) is 3.42. The Morgan fingerprint density at radius 3 is 2.67 bits per heavy atom. The fraction of sp³-hybridized carbons (Fsp3) is 0.400. The van der Waals surface area contributed by atoms with Crippen molar-refractivity contribution in [3.63, 3.8) is 0 Å². The molecule has 0 aromatic rings. The molecule has 0 aromatic carbocycles. The van der Waals surface area contributed by atoms with Crippen LogP contribution in [0.15, 0.2) is 46.9 Å². The van der Waals surface area contributed by atoms with E-state index in [4.69, 9.17) is 0 Å². The van der Waals surface area contributed by atoms with Crippen LogP contribution >= 0.6 is 0 Å². The van der Waals surface area contributed by atoms with Gasteiger partial charge in [0.25, 0.3) is 0 Å². The van der Waals surface area contributed by atoms with E-state index in [0.717, 1.165) is 17.1 Å². The summed E-state index contributed by atoms with van der Waals surface area (Å²) in [5.74, 6) is 2.79. The SMILES string of the molecule is C=C=[N+](C)/C(C)=C/N=C1C(=C)NC(C)C(C)=C1C. The molecule has 1 atom stereocenters. The summed E-state index contributed by atoms with van der Waals surface area (Å²) in [7, 11) is 1.89. The maximum absolute atomic E-state index is 4.52. The van der Waals surface area contributed by atoms with Crippen molar-refractivity contribution in [1.82, 2.24) is 5.32 Å². The van der Waals surface area contributed by atoms with Crippen LogP contribution in [-0.4, -0.2) is 29.2 Å². The lowest BCUT2D eigenvalue weighted by atomic mass is 9.94. The predicted molar refractivity (Wildman–Crippen MR) is 78.1 cm³/mol. The van der Waals surface area contributed by atoms with Crippen molar-refractivity contribution in [3.8, 4) is 0 Å². The average Bonchev–Trinajstić information content (AvgIpc) is 2.34. The lowest BCUT2D eigenvalue weighted by molar-refractivity contribution is -0.435. The second kappa shape index (κ2) is 5.65. The minimum atomic E-state index is 0.325. The molecule has 3 heteroatoms. The number of aliphatic imine (C=N–C) groups is 1. The molecule has 0 spiro atoms. The van der Waals surface area contributed by atoms with E-state index >= 15 is 0 Å². The normalized spacial score (nSPS) is 22.9. The summed E-state index contributed by atoms with van der Waals surface area (Å²) in [5.41, 5.74) is 5.27. The summed E-state index contributed by atoms with van der Waals surface area (Å²) < 4.78 is 1.80. The number of allylic oxidation sites excluding steroid dienone is 2. The van der Waals surface area contributed by atoms with Crippen LogP contribution in [-0.2, 0) is 0 Å². The molecule has 1 heterocycles. The summed E-state index contributed by atoms with van der Waals surface area (Å²) in [4.78, 5) is 4.52. The zero-order valence-electron chi connectivity index (χ0n) is 12.0. The summed E-state index contributed by atoms with van der Waals surface area (Å²) in [6.07, 6.45) is 1.81. The van der Waals surface area contributed by atoms with Crippen molar-refractivity contribution in [2.45, 2.75) is 33.7 Å². The number of nitrogens with one attached hydrogen (secondary N) is 1. The third-order valence-corrected chi connectivity index (χ3v) is 3.42. The summed E-state index contributed by atoms with van der Waals surface area (Å²) in [6.45, 7) is 15.9. The second-order valence-corrected chi connectivity index (χ2v) is 4.62. The molecule has 0 saturated heterocycles. The molecule has 0 radical (unpaired) electrons. The molecule has 0 amide bonds. The van der Waals surface area contributed by atoms with Crippen LogP contribution < -0.4 is 5.32 Å². The maximum atomic E-state index is 4.52. The Morgan fingerprint density at radius 2 is 2.11 bits per heavy atom. The van der Waals surface area contributed by atoms with Crippen LogP contribution in [0.2, 0.25) is 0 Å². The molecule has 3 nitrogen and oxygen atoms in total. The molecule has 1 aliphatic heterocycles. The molecule has 1 aliphatic rings. The quantitative estimate of drug-likeness (QED) is 0.587. The average molecular weight is 244 g/mol. The fourth-order valence-electron chi connectivity index (χ4n) is 1.72. The molecule has 0 aromatic heterocycles. The Bertz CT molecular complexity index is 512. The van der Waals surface area contributed by atoms with Crippen molar-refractivity contribution in [3.05, 3.63) is 41.9 Å². The first-order valence-electron chi connectivity index (χ1n) is 6.03. The van der Waals surface area contributed by atoms with Gasteiger partial charge in [-0.1, -0.05) is 6.58 Å². The number of nitrogens with zero attached hydrogens (tertiary/aromatic N) is 2. The van der Waals surface area contributed by atoms with E-state index in [1.54, 1.807) is 4.58 Å². The fourth-order valence-corrected chi connectivity index (χ4v) is 1.72. The van der Waals surface area contributed by atoms with Gasteiger partial charge in [0.05, 0.1) is 17.6 Å². The van der Waals surface area contributed by atoms with Gasteiger partial charge in [-0.05, 0) is 31.9 Å². The van der Waals surface area contributed by atoms with Gasteiger partial charge in [-0.25, -0.2) is 4.99 Å². The van der Waals surface area contributed by atoms with Crippen molar-refractivity contribution in [2.75, 3.05) is 7.05 Å². The molecule has 1 N–H and O–H groups in total. The summed E-state index contributed by atoms with van der Waals surface area (Å²) >= 11 is 0. The van der Waals surface area contributed by atoms with Crippen LogP contribution in [0.4, 0.5) is 0 Å². The monoisotopic (exact) mass is 244 g/mol. The van der Waals surface area contributed by atoms with Gasteiger partial charge in [0.15, 0.2) is 5.87 Å². The minimum Gasteiger partial charge on any atom is -0.378 e. The van der Waals surface area contributed by atoms with E-state index in [0.29, 0.717) is 6.04 Å². The topological polar surface area (TPSA) is 27.4 Å². The second-order valence-electron chi connectivity index (χ2n) is 4.62. The summed E-state index contributed by atoms with van der Waals surface area (Å²) in [5, 5.41) is 3.32.